The van der Waals surface area contributed by atoms with Gasteiger partial charge in [-0.15, -0.1) is 0 Å². The van der Waals surface area contributed by atoms with E-state index in [1.807, 2.05) is 0 Å². The zero-order chi connectivity index (χ0) is 14.9. The van der Waals surface area contributed by atoms with Crippen LogP contribution in [-0.4, -0.2) is 10.2 Å². The highest BCUT2D eigenvalue weighted by Gasteiger charge is 1.99. The first-order valence-electron chi connectivity index (χ1n) is 8.89. The fraction of sp³-hybridized carbons (Fsp3) is 0.944. The molecule has 0 aliphatic carbocycles. The minimum Gasteiger partial charge on any atom is -0.300 e. The molecule has 1 nitrogen and oxygen atoms in total. The Morgan fingerprint density at radius 2 is 1.05 bits per heavy atom. The van der Waals surface area contributed by atoms with Gasteiger partial charge < -0.3 is 0 Å². The van der Waals surface area contributed by atoms with Crippen LogP contribution in [0.3, 0.4) is 0 Å². The first kappa shape index (κ1) is 20.4. The molecule has 0 aromatic rings. The molecular weight excluding hydrogens is 359 g/mol. The van der Waals surface area contributed by atoms with Crippen molar-refractivity contribution in [3.63, 3.8) is 0 Å². The van der Waals surface area contributed by atoms with E-state index < -0.39 is 0 Å². The van der Waals surface area contributed by atoms with Crippen LogP contribution in [0.2, 0.25) is 0 Å². The van der Waals surface area contributed by atoms with Crippen LogP contribution in [0.25, 0.3) is 0 Å². The topological polar surface area (TPSA) is 17.1 Å². The van der Waals surface area contributed by atoms with Gasteiger partial charge in [0.2, 0.25) is 0 Å². The second-order valence-electron chi connectivity index (χ2n) is 5.97. The highest BCUT2D eigenvalue weighted by molar-refractivity contribution is 14.1. The maximum absolute atomic E-state index is 11.3. The quantitative estimate of drug-likeness (QED) is 0.159. The van der Waals surface area contributed by atoms with Crippen LogP contribution in [0.1, 0.15) is 103 Å². The number of ketones is 1. The minimum atomic E-state index is 0.468. The second kappa shape index (κ2) is 17.5. The van der Waals surface area contributed by atoms with Crippen molar-refractivity contribution >= 4 is 28.4 Å². The second-order valence-corrected chi connectivity index (χ2v) is 7.05. The van der Waals surface area contributed by atoms with Gasteiger partial charge in [-0.3, -0.25) is 4.79 Å². The van der Waals surface area contributed by atoms with E-state index in [-0.39, 0.29) is 0 Å². The molecule has 0 N–H and O–H groups in total. The maximum atomic E-state index is 11.3. The zero-order valence-electron chi connectivity index (χ0n) is 13.6. The Morgan fingerprint density at radius 1 is 0.650 bits per heavy atom. The van der Waals surface area contributed by atoms with E-state index in [0.29, 0.717) is 5.78 Å². The van der Waals surface area contributed by atoms with Crippen LogP contribution in [0.4, 0.5) is 0 Å². The summed E-state index contributed by atoms with van der Waals surface area (Å²) in [5.74, 6) is 0.468. The Labute approximate surface area is 140 Å². The summed E-state index contributed by atoms with van der Waals surface area (Å²) in [4.78, 5) is 11.3. The summed E-state index contributed by atoms with van der Waals surface area (Å²) in [6.45, 7) is 2.08. The average Bonchev–Trinajstić information content (AvgIpc) is 2.44. The summed E-state index contributed by atoms with van der Waals surface area (Å²) < 4.78 is 1.32. The van der Waals surface area contributed by atoms with Crippen molar-refractivity contribution in [2.24, 2.45) is 0 Å². The number of hydrogen-bond donors (Lipinski definition) is 0. The van der Waals surface area contributed by atoms with Gasteiger partial charge in [-0.2, -0.15) is 0 Å². The molecule has 2 heteroatoms. The molecule has 0 aromatic carbocycles. The lowest BCUT2D eigenvalue weighted by atomic mass is 10.0. The van der Waals surface area contributed by atoms with E-state index in [1.165, 1.54) is 75.1 Å². The molecule has 0 amide bonds. The van der Waals surface area contributed by atoms with Crippen LogP contribution in [0.15, 0.2) is 0 Å². The van der Waals surface area contributed by atoms with Crippen LogP contribution < -0.4 is 0 Å². The Morgan fingerprint density at radius 3 is 1.45 bits per heavy atom. The van der Waals surface area contributed by atoms with Gasteiger partial charge in [0.25, 0.3) is 0 Å². The summed E-state index contributed by atoms with van der Waals surface area (Å²) in [5, 5.41) is 0. The monoisotopic (exact) mass is 394 g/mol. The lowest BCUT2D eigenvalue weighted by Crippen LogP contribution is -1.96. The first-order chi connectivity index (χ1) is 9.81. The molecule has 0 rings (SSSR count). The standard InChI is InChI=1S/C18H35IO/c1-2-15-18(20)16-13-11-9-7-5-3-4-6-8-10-12-14-17-19/h2-17H2,1H3. The largest absolute Gasteiger partial charge is 0.300 e. The third-order valence-electron chi connectivity index (χ3n) is 3.87. The van der Waals surface area contributed by atoms with Gasteiger partial charge in [0.15, 0.2) is 0 Å². The fourth-order valence-corrected chi connectivity index (χ4v) is 3.13. The lowest BCUT2D eigenvalue weighted by Gasteiger charge is -2.03. The normalized spacial score (nSPS) is 10.9. The van der Waals surface area contributed by atoms with Crippen LogP contribution in [0.5, 0.6) is 0 Å². The molecule has 20 heavy (non-hydrogen) atoms. The van der Waals surface area contributed by atoms with Gasteiger partial charge in [-0.25, -0.2) is 0 Å². The molecule has 0 bridgehead atoms. The number of hydrogen-bond acceptors (Lipinski definition) is 1. The van der Waals surface area contributed by atoms with Crippen LogP contribution >= 0.6 is 22.6 Å². The molecule has 0 saturated carbocycles. The van der Waals surface area contributed by atoms with Crippen LogP contribution in [0, 0.1) is 0 Å². The Hall–Kier alpha value is 0.400. The maximum Gasteiger partial charge on any atom is 0.132 e. The first-order valence-corrected chi connectivity index (χ1v) is 10.4. The average molecular weight is 394 g/mol. The molecule has 0 saturated heterocycles. The number of rotatable bonds is 16. The van der Waals surface area contributed by atoms with Crippen molar-refractivity contribution in [2.75, 3.05) is 4.43 Å². The molecular formula is C18H35IO. The van der Waals surface area contributed by atoms with Gasteiger partial charge in [-0.05, 0) is 23.7 Å². The highest BCUT2D eigenvalue weighted by Crippen LogP contribution is 2.13. The summed E-state index contributed by atoms with van der Waals surface area (Å²) in [5.41, 5.74) is 0. The van der Waals surface area contributed by atoms with E-state index in [1.54, 1.807) is 0 Å². The third kappa shape index (κ3) is 16.5. The van der Waals surface area contributed by atoms with E-state index in [4.69, 9.17) is 0 Å². The van der Waals surface area contributed by atoms with Gasteiger partial charge >= 0.3 is 0 Å². The molecule has 0 unspecified atom stereocenters. The molecule has 0 aliphatic rings. The zero-order valence-corrected chi connectivity index (χ0v) is 15.8. The molecule has 0 heterocycles. The molecule has 120 valence electrons. The van der Waals surface area contributed by atoms with Crippen molar-refractivity contribution in [3.8, 4) is 0 Å². The number of unbranched alkanes of at least 4 members (excludes halogenated alkanes) is 11. The third-order valence-corrected chi connectivity index (χ3v) is 4.63. The summed E-state index contributed by atoms with van der Waals surface area (Å²) in [6.07, 6.45) is 19.1. The predicted octanol–water partition coefficient (Wildman–Crippen LogP) is 6.86. The van der Waals surface area contributed by atoms with E-state index in [2.05, 4.69) is 29.5 Å². The van der Waals surface area contributed by atoms with Crippen molar-refractivity contribution in [1.82, 2.24) is 0 Å². The molecule has 0 fully saturated rings. The van der Waals surface area contributed by atoms with Gasteiger partial charge in [0.05, 0.1) is 0 Å². The summed E-state index contributed by atoms with van der Waals surface area (Å²) in [7, 11) is 0. The van der Waals surface area contributed by atoms with Crippen molar-refractivity contribution in [2.45, 2.75) is 103 Å². The molecule has 0 aliphatic heterocycles. The van der Waals surface area contributed by atoms with Crippen molar-refractivity contribution in [1.29, 1.82) is 0 Å². The highest BCUT2D eigenvalue weighted by atomic mass is 127. The van der Waals surface area contributed by atoms with Gasteiger partial charge in [-0.1, -0.05) is 93.7 Å². The number of carbonyl (C=O) groups excluding carboxylic acids is 1. The van der Waals surface area contributed by atoms with Gasteiger partial charge in [0, 0.05) is 12.8 Å². The Bertz CT molecular complexity index is 204. The Balaban J connectivity index is 3.01. The number of alkyl halides is 1. The predicted molar refractivity (Wildman–Crippen MR) is 98.8 cm³/mol. The van der Waals surface area contributed by atoms with Gasteiger partial charge in [0.1, 0.15) is 5.78 Å². The van der Waals surface area contributed by atoms with E-state index in [9.17, 15) is 4.79 Å². The number of Topliss-reactive ketones (excluding diaryl/α,β-unsaturated/α-hetero) is 1. The number of halogens is 1. The summed E-state index contributed by atoms with van der Waals surface area (Å²) >= 11 is 2.47. The molecule has 0 atom stereocenters. The number of carbonyl (C=O) groups is 1. The fourth-order valence-electron chi connectivity index (χ4n) is 2.59. The molecule has 0 spiro atoms. The van der Waals surface area contributed by atoms with Crippen molar-refractivity contribution in [3.05, 3.63) is 0 Å². The minimum absolute atomic E-state index is 0.468. The molecule has 0 radical (unpaired) electrons. The molecule has 0 aromatic heterocycles. The van der Waals surface area contributed by atoms with E-state index >= 15 is 0 Å². The smallest absolute Gasteiger partial charge is 0.132 e. The SMILES string of the molecule is CCCC(=O)CCCCCCCCCCCCCCI. The Kier molecular flexibility index (Phi) is 17.8. The van der Waals surface area contributed by atoms with E-state index in [0.717, 1.165) is 25.7 Å². The van der Waals surface area contributed by atoms with Crippen molar-refractivity contribution < 1.29 is 4.79 Å². The van der Waals surface area contributed by atoms with Crippen LogP contribution in [-0.2, 0) is 4.79 Å². The summed E-state index contributed by atoms with van der Waals surface area (Å²) in [6, 6.07) is 0. The lowest BCUT2D eigenvalue weighted by molar-refractivity contribution is -0.119.